The smallest absolute Gasteiger partial charge is 0.307 e. The molecule has 0 amide bonds. The van der Waals surface area contributed by atoms with Gasteiger partial charge in [-0.2, -0.15) is 0 Å². The molecule has 0 radical (unpaired) electrons. The molecule has 0 aromatic heterocycles. The molecule has 1 aliphatic carbocycles. The van der Waals surface area contributed by atoms with E-state index < -0.39 is 5.97 Å². The van der Waals surface area contributed by atoms with Crippen molar-refractivity contribution in [2.24, 2.45) is 17.3 Å². The van der Waals surface area contributed by atoms with Gasteiger partial charge in [0.05, 0.1) is 5.92 Å². The molecule has 1 saturated carbocycles. The van der Waals surface area contributed by atoms with Gasteiger partial charge in [0, 0.05) is 4.48 Å². The second-order valence-electron chi connectivity index (χ2n) is 4.18. The second-order valence-corrected chi connectivity index (χ2v) is 5.20. The van der Waals surface area contributed by atoms with Gasteiger partial charge in [-0.25, -0.2) is 0 Å². The molecule has 2 atom stereocenters. The fourth-order valence-corrected chi connectivity index (χ4v) is 2.23. The Bertz CT molecular complexity index is 309. The van der Waals surface area contributed by atoms with Crippen molar-refractivity contribution in [3.8, 4) is 0 Å². The summed E-state index contributed by atoms with van der Waals surface area (Å²) >= 11 is 3.23. The number of halogens is 1. The Hall–Kier alpha value is -0.840. The molecule has 1 N–H and O–H groups in total. The van der Waals surface area contributed by atoms with Crippen LogP contribution in [0.25, 0.3) is 0 Å². The highest BCUT2D eigenvalue weighted by Crippen LogP contribution is 2.59. The van der Waals surface area contributed by atoms with Crippen molar-refractivity contribution in [3.63, 3.8) is 0 Å². The number of carboxylic acid groups (broad SMARTS) is 1. The molecule has 4 nitrogen and oxygen atoms in total. The second kappa shape index (κ2) is 4.35. The third-order valence-electron chi connectivity index (χ3n) is 2.83. The first-order chi connectivity index (χ1) is 6.91. The number of rotatable bonds is 5. The van der Waals surface area contributed by atoms with Crippen LogP contribution in [0.2, 0.25) is 0 Å². The van der Waals surface area contributed by atoms with Crippen LogP contribution in [0.15, 0.2) is 10.6 Å². The van der Waals surface area contributed by atoms with Crippen molar-refractivity contribution < 1.29 is 19.4 Å². The topological polar surface area (TPSA) is 63.6 Å². The van der Waals surface area contributed by atoms with Crippen LogP contribution in [-0.4, -0.2) is 24.2 Å². The molecule has 0 aromatic rings. The Morgan fingerprint density at radius 2 is 2.20 bits per heavy atom. The first-order valence-electron chi connectivity index (χ1n) is 4.55. The minimum atomic E-state index is -0.780. The standard InChI is InChI=1S/C10H13BrO4/c1-10(2)7(8(10)9(13)14)3-6(11)4-15-5-12/h3,5,7-8H,4H2,1-2H3,(H,13,14). The van der Waals surface area contributed by atoms with Crippen molar-refractivity contribution >= 4 is 28.4 Å². The van der Waals surface area contributed by atoms with Crippen LogP contribution in [0.5, 0.6) is 0 Å². The molecule has 0 bridgehead atoms. The molecule has 5 heteroatoms. The van der Waals surface area contributed by atoms with Crippen molar-refractivity contribution in [2.45, 2.75) is 13.8 Å². The predicted octanol–water partition coefficient (Wildman–Crippen LogP) is 1.79. The summed E-state index contributed by atoms with van der Waals surface area (Å²) < 4.78 is 5.25. The van der Waals surface area contributed by atoms with E-state index >= 15 is 0 Å². The lowest BCUT2D eigenvalue weighted by Gasteiger charge is -1.99. The fourth-order valence-electron chi connectivity index (χ4n) is 1.82. The van der Waals surface area contributed by atoms with E-state index in [0.717, 1.165) is 0 Å². The van der Waals surface area contributed by atoms with Crippen molar-refractivity contribution in [2.75, 3.05) is 6.61 Å². The summed E-state index contributed by atoms with van der Waals surface area (Å²) in [4.78, 5) is 20.8. The van der Waals surface area contributed by atoms with E-state index in [4.69, 9.17) is 5.11 Å². The van der Waals surface area contributed by atoms with E-state index in [-0.39, 0.29) is 23.9 Å². The minimum absolute atomic E-state index is 0.000345. The Kier molecular flexibility index (Phi) is 3.54. The number of hydrogen-bond acceptors (Lipinski definition) is 3. The zero-order chi connectivity index (χ0) is 11.6. The molecule has 0 heterocycles. The monoisotopic (exact) mass is 276 g/mol. The highest BCUT2D eigenvalue weighted by Gasteiger charge is 2.60. The predicted molar refractivity (Wildman–Crippen MR) is 57.4 cm³/mol. The van der Waals surface area contributed by atoms with Gasteiger partial charge in [-0.15, -0.1) is 0 Å². The van der Waals surface area contributed by atoms with Crippen LogP contribution in [0.1, 0.15) is 13.8 Å². The lowest BCUT2D eigenvalue weighted by atomic mass is 10.1. The van der Waals surface area contributed by atoms with E-state index in [1.807, 2.05) is 19.9 Å². The number of carboxylic acids is 1. The van der Waals surface area contributed by atoms with E-state index in [1.54, 1.807) is 0 Å². The summed E-state index contributed by atoms with van der Waals surface area (Å²) in [5.41, 5.74) is -0.216. The summed E-state index contributed by atoms with van der Waals surface area (Å²) in [7, 11) is 0. The van der Waals surface area contributed by atoms with Crippen molar-refractivity contribution in [1.82, 2.24) is 0 Å². The summed E-state index contributed by atoms with van der Waals surface area (Å²) in [6.45, 7) is 4.34. The van der Waals surface area contributed by atoms with Gasteiger partial charge >= 0.3 is 5.97 Å². The number of aliphatic carboxylic acids is 1. The number of carbonyl (C=O) groups is 2. The maximum Gasteiger partial charge on any atom is 0.307 e. The van der Waals surface area contributed by atoms with Crippen LogP contribution in [0.4, 0.5) is 0 Å². The average molecular weight is 277 g/mol. The summed E-state index contributed by atoms with van der Waals surface area (Å²) in [6, 6.07) is 0. The van der Waals surface area contributed by atoms with Gasteiger partial charge in [0.1, 0.15) is 6.61 Å². The van der Waals surface area contributed by atoms with Gasteiger partial charge < -0.3 is 9.84 Å². The Balaban J connectivity index is 2.60. The molecular formula is C10H13BrO4. The number of carbonyl (C=O) groups excluding carboxylic acids is 1. The first-order valence-corrected chi connectivity index (χ1v) is 5.34. The molecule has 2 unspecified atom stereocenters. The molecule has 1 rings (SSSR count). The maximum absolute atomic E-state index is 10.9. The van der Waals surface area contributed by atoms with Gasteiger partial charge in [-0.05, 0) is 11.3 Å². The molecule has 1 aliphatic rings. The Morgan fingerprint density at radius 1 is 1.60 bits per heavy atom. The van der Waals surface area contributed by atoms with E-state index in [2.05, 4.69) is 20.7 Å². The molecule has 0 spiro atoms. The van der Waals surface area contributed by atoms with Crippen LogP contribution < -0.4 is 0 Å². The number of ether oxygens (including phenoxy) is 1. The van der Waals surface area contributed by atoms with E-state index in [0.29, 0.717) is 11.0 Å². The van der Waals surface area contributed by atoms with Crippen molar-refractivity contribution in [1.29, 1.82) is 0 Å². The van der Waals surface area contributed by atoms with Gasteiger partial charge in [-0.3, -0.25) is 9.59 Å². The first kappa shape index (κ1) is 12.2. The third-order valence-corrected chi connectivity index (χ3v) is 3.32. The van der Waals surface area contributed by atoms with Crippen LogP contribution in [0.3, 0.4) is 0 Å². The SMILES string of the molecule is CC1(C)C(C=C(Br)COC=O)C1C(=O)O. The quantitative estimate of drug-likeness (QED) is 0.778. The number of allylic oxidation sites excluding steroid dienone is 1. The van der Waals surface area contributed by atoms with Gasteiger partial charge in [0.2, 0.25) is 0 Å². The highest BCUT2D eigenvalue weighted by molar-refractivity contribution is 9.11. The molecule has 84 valence electrons. The lowest BCUT2D eigenvalue weighted by Crippen LogP contribution is -2.03. The molecule has 0 aromatic carbocycles. The summed E-state index contributed by atoms with van der Waals surface area (Å²) in [6.07, 6.45) is 1.81. The van der Waals surface area contributed by atoms with E-state index in [9.17, 15) is 9.59 Å². The summed E-state index contributed by atoms with van der Waals surface area (Å²) in [5.74, 6) is -1.13. The van der Waals surface area contributed by atoms with Crippen LogP contribution >= 0.6 is 15.9 Å². The molecule has 0 saturated heterocycles. The van der Waals surface area contributed by atoms with Gasteiger partial charge in [0.25, 0.3) is 6.47 Å². The summed E-state index contributed by atoms with van der Waals surface area (Å²) in [5, 5.41) is 8.92. The third kappa shape index (κ3) is 2.59. The fraction of sp³-hybridized carbons (Fsp3) is 0.600. The lowest BCUT2D eigenvalue weighted by molar-refractivity contribution is -0.139. The molecular weight excluding hydrogens is 264 g/mol. The van der Waals surface area contributed by atoms with Crippen molar-refractivity contribution in [3.05, 3.63) is 10.6 Å². The normalized spacial score (nSPS) is 28.3. The molecule has 15 heavy (non-hydrogen) atoms. The zero-order valence-corrected chi connectivity index (χ0v) is 10.2. The number of hydrogen-bond donors (Lipinski definition) is 1. The van der Waals surface area contributed by atoms with Gasteiger partial charge in [0.15, 0.2) is 0 Å². The zero-order valence-electron chi connectivity index (χ0n) is 8.57. The van der Waals surface area contributed by atoms with Crippen LogP contribution in [-0.2, 0) is 14.3 Å². The largest absolute Gasteiger partial charge is 0.481 e. The van der Waals surface area contributed by atoms with E-state index in [1.165, 1.54) is 0 Å². The van der Waals surface area contributed by atoms with Gasteiger partial charge in [-0.1, -0.05) is 35.9 Å². The Morgan fingerprint density at radius 3 is 2.60 bits per heavy atom. The average Bonchev–Trinajstić information content (AvgIpc) is 2.64. The molecule has 0 aliphatic heterocycles. The highest BCUT2D eigenvalue weighted by atomic mass is 79.9. The molecule has 1 fully saturated rings. The maximum atomic E-state index is 10.9. The Labute approximate surface area is 96.4 Å². The van der Waals surface area contributed by atoms with Crippen LogP contribution in [0, 0.1) is 17.3 Å². The minimum Gasteiger partial charge on any atom is -0.481 e.